The van der Waals surface area contributed by atoms with Crippen LogP contribution in [-0.2, 0) is 14.3 Å². The van der Waals surface area contributed by atoms with E-state index in [1.165, 1.54) is 12.1 Å². The van der Waals surface area contributed by atoms with E-state index in [4.69, 9.17) is 4.74 Å². The normalized spacial score (nSPS) is 23.9. The average molecular weight is 363 g/mol. The third kappa shape index (κ3) is 4.22. The fourth-order valence-corrected chi connectivity index (χ4v) is 3.62. The second-order valence-electron chi connectivity index (χ2n) is 7.11. The van der Waals surface area contributed by atoms with Crippen molar-refractivity contribution in [3.8, 4) is 0 Å². The number of carbonyl (C=O) groups excluding carboxylic acids is 2. The molecule has 2 saturated heterocycles. The highest BCUT2D eigenvalue weighted by molar-refractivity contribution is 5.83. The molecule has 0 radical (unpaired) electrons. The van der Waals surface area contributed by atoms with Crippen molar-refractivity contribution in [2.45, 2.75) is 25.0 Å². The molecule has 2 unspecified atom stereocenters. The van der Waals surface area contributed by atoms with Gasteiger partial charge in [0.15, 0.2) is 0 Å². The van der Waals surface area contributed by atoms with Crippen molar-refractivity contribution in [2.75, 3.05) is 46.9 Å². The largest absolute Gasteiger partial charge is 0.370 e. The molecular formula is C19H26FN3O3. The van der Waals surface area contributed by atoms with E-state index in [0.717, 1.165) is 24.9 Å². The van der Waals surface area contributed by atoms with Crippen LogP contribution in [0, 0.1) is 5.82 Å². The van der Waals surface area contributed by atoms with Gasteiger partial charge in [-0.25, -0.2) is 4.39 Å². The van der Waals surface area contributed by atoms with Gasteiger partial charge in [-0.1, -0.05) is 12.1 Å². The summed E-state index contributed by atoms with van der Waals surface area (Å²) in [5.74, 6) is -0.219. The van der Waals surface area contributed by atoms with Crippen molar-refractivity contribution in [1.29, 1.82) is 0 Å². The molecule has 2 fully saturated rings. The minimum absolute atomic E-state index is 0.0128. The maximum atomic E-state index is 13.1. The van der Waals surface area contributed by atoms with E-state index in [-0.39, 0.29) is 36.3 Å². The van der Waals surface area contributed by atoms with Gasteiger partial charge in [0, 0.05) is 20.6 Å². The topological polar surface area (TPSA) is 53.1 Å². The molecule has 142 valence electrons. The van der Waals surface area contributed by atoms with Crippen LogP contribution < -0.4 is 0 Å². The lowest BCUT2D eigenvalue weighted by Gasteiger charge is -2.35. The number of hydrogen-bond donors (Lipinski definition) is 0. The Morgan fingerprint density at radius 1 is 1.23 bits per heavy atom. The molecule has 2 atom stereocenters. The average Bonchev–Trinajstić information content (AvgIpc) is 3.09. The lowest BCUT2D eigenvalue weighted by atomic mass is 10.1. The van der Waals surface area contributed by atoms with Crippen LogP contribution in [0.5, 0.6) is 0 Å². The number of likely N-dealkylation sites (tertiary alicyclic amines) is 1. The number of halogens is 1. The van der Waals surface area contributed by atoms with E-state index in [9.17, 15) is 14.0 Å². The fourth-order valence-electron chi connectivity index (χ4n) is 3.62. The van der Waals surface area contributed by atoms with Crippen LogP contribution in [0.1, 0.15) is 24.5 Å². The summed E-state index contributed by atoms with van der Waals surface area (Å²) in [5, 5.41) is 0. The highest BCUT2D eigenvalue weighted by Gasteiger charge is 2.34. The highest BCUT2D eigenvalue weighted by atomic mass is 19.1. The first-order valence-electron chi connectivity index (χ1n) is 9.06. The van der Waals surface area contributed by atoms with Gasteiger partial charge in [0.05, 0.1) is 25.7 Å². The maximum Gasteiger partial charge on any atom is 0.239 e. The third-order valence-corrected chi connectivity index (χ3v) is 5.09. The van der Waals surface area contributed by atoms with Crippen LogP contribution in [0.25, 0.3) is 0 Å². The van der Waals surface area contributed by atoms with E-state index >= 15 is 0 Å². The molecule has 26 heavy (non-hydrogen) atoms. The molecular weight excluding hydrogens is 337 g/mol. The van der Waals surface area contributed by atoms with Gasteiger partial charge in [0.2, 0.25) is 11.8 Å². The van der Waals surface area contributed by atoms with Crippen LogP contribution in [0.4, 0.5) is 4.39 Å². The number of rotatable bonds is 4. The summed E-state index contributed by atoms with van der Waals surface area (Å²) in [6.45, 7) is 2.46. The molecule has 6 nitrogen and oxygen atoms in total. The van der Waals surface area contributed by atoms with Gasteiger partial charge in [-0.3, -0.25) is 14.5 Å². The molecule has 3 rings (SSSR count). The van der Waals surface area contributed by atoms with Crippen LogP contribution >= 0.6 is 0 Å². The summed E-state index contributed by atoms with van der Waals surface area (Å²) in [4.78, 5) is 30.4. The third-order valence-electron chi connectivity index (χ3n) is 5.09. The Kier molecular flexibility index (Phi) is 5.88. The van der Waals surface area contributed by atoms with Crippen LogP contribution in [0.15, 0.2) is 24.3 Å². The number of nitrogens with zero attached hydrogens (tertiary/aromatic N) is 3. The molecule has 0 spiro atoms. The first kappa shape index (κ1) is 18.8. The molecule has 0 aliphatic carbocycles. The lowest BCUT2D eigenvalue weighted by Crippen LogP contribution is -2.50. The van der Waals surface area contributed by atoms with Gasteiger partial charge in [-0.05, 0) is 37.1 Å². The zero-order chi connectivity index (χ0) is 18.7. The maximum absolute atomic E-state index is 13.1. The first-order chi connectivity index (χ1) is 12.5. The molecule has 0 saturated carbocycles. The van der Waals surface area contributed by atoms with Crippen LogP contribution in [0.2, 0.25) is 0 Å². The Balaban J connectivity index is 1.60. The summed E-state index contributed by atoms with van der Waals surface area (Å²) < 4.78 is 18.9. The van der Waals surface area contributed by atoms with Crippen molar-refractivity contribution in [3.05, 3.63) is 35.6 Å². The SMILES string of the molecule is CN(C)C(=O)C1CCCN1CC(=O)N1CCOC(c2ccc(F)cc2)C1. The summed E-state index contributed by atoms with van der Waals surface area (Å²) in [7, 11) is 3.49. The predicted molar refractivity (Wildman–Crippen MR) is 95.0 cm³/mol. The molecule has 2 aliphatic heterocycles. The highest BCUT2D eigenvalue weighted by Crippen LogP contribution is 2.24. The van der Waals surface area contributed by atoms with E-state index in [0.29, 0.717) is 19.7 Å². The second-order valence-corrected chi connectivity index (χ2v) is 7.11. The van der Waals surface area contributed by atoms with Crippen molar-refractivity contribution in [3.63, 3.8) is 0 Å². The fraction of sp³-hybridized carbons (Fsp3) is 0.579. The minimum atomic E-state index is -0.289. The zero-order valence-corrected chi connectivity index (χ0v) is 15.4. The Hall–Kier alpha value is -1.99. The quantitative estimate of drug-likeness (QED) is 0.809. The number of ether oxygens (including phenoxy) is 1. The van der Waals surface area contributed by atoms with Crippen LogP contribution in [0.3, 0.4) is 0 Å². The van der Waals surface area contributed by atoms with E-state index in [1.54, 1.807) is 36.0 Å². The number of benzene rings is 1. The molecule has 0 aromatic heterocycles. The number of amides is 2. The number of likely N-dealkylation sites (N-methyl/N-ethyl adjacent to an activating group) is 1. The van der Waals surface area contributed by atoms with Crippen molar-refractivity contribution < 1.29 is 18.7 Å². The first-order valence-corrected chi connectivity index (χ1v) is 9.06. The standard InChI is InChI=1S/C19H26FN3O3/c1-21(2)19(25)16-4-3-9-22(16)13-18(24)23-10-11-26-17(12-23)14-5-7-15(20)8-6-14/h5-8,16-17H,3-4,9-13H2,1-2H3. The Bertz CT molecular complexity index is 650. The van der Waals surface area contributed by atoms with Gasteiger partial charge in [0.1, 0.15) is 11.9 Å². The van der Waals surface area contributed by atoms with Gasteiger partial charge in [0.25, 0.3) is 0 Å². The molecule has 2 amide bonds. The predicted octanol–water partition coefficient (Wildman–Crippen LogP) is 1.28. The van der Waals surface area contributed by atoms with E-state index < -0.39 is 0 Å². The molecule has 2 heterocycles. The molecule has 0 N–H and O–H groups in total. The number of hydrogen-bond acceptors (Lipinski definition) is 4. The zero-order valence-electron chi connectivity index (χ0n) is 15.4. The Morgan fingerprint density at radius 3 is 2.65 bits per heavy atom. The van der Waals surface area contributed by atoms with Gasteiger partial charge >= 0.3 is 0 Å². The van der Waals surface area contributed by atoms with Crippen molar-refractivity contribution in [1.82, 2.24) is 14.7 Å². The van der Waals surface area contributed by atoms with Gasteiger partial charge in [-0.15, -0.1) is 0 Å². The second kappa shape index (κ2) is 8.14. The van der Waals surface area contributed by atoms with E-state index in [1.807, 2.05) is 4.90 Å². The minimum Gasteiger partial charge on any atom is -0.370 e. The number of morpholine rings is 1. The lowest BCUT2D eigenvalue weighted by molar-refractivity contribution is -0.142. The molecule has 7 heteroatoms. The summed E-state index contributed by atoms with van der Waals surface area (Å²) in [6, 6.07) is 5.99. The molecule has 1 aromatic rings. The Morgan fingerprint density at radius 2 is 1.96 bits per heavy atom. The van der Waals surface area contributed by atoms with E-state index in [2.05, 4.69) is 0 Å². The van der Waals surface area contributed by atoms with Crippen molar-refractivity contribution >= 4 is 11.8 Å². The summed E-state index contributed by atoms with van der Waals surface area (Å²) in [5.41, 5.74) is 0.866. The summed E-state index contributed by atoms with van der Waals surface area (Å²) >= 11 is 0. The molecule has 0 bridgehead atoms. The van der Waals surface area contributed by atoms with Gasteiger partial charge < -0.3 is 14.5 Å². The monoisotopic (exact) mass is 363 g/mol. The summed E-state index contributed by atoms with van der Waals surface area (Å²) in [6.07, 6.45) is 1.48. The van der Waals surface area contributed by atoms with Crippen LogP contribution in [-0.4, -0.2) is 79.4 Å². The smallest absolute Gasteiger partial charge is 0.239 e. The molecule has 2 aliphatic rings. The van der Waals surface area contributed by atoms with Gasteiger partial charge in [-0.2, -0.15) is 0 Å². The number of carbonyl (C=O) groups is 2. The van der Waals surface area contributed by atoms with Crippen molar-refractivity contribution in [2.24, 2.45) is 0 Å². The molecule has 1 aromatic carbocycles. The Labute approximate surface area is 153 Å².